The van der Waals surface area contributed by atoms with Gasteiger partial charge in [-0.25, -0.2) is 4.67 Å². The van der Waals surface area contributed by atoms with Crippen LogP contribution >= 0.6 is 7.43 Å². The van der Waals surface area contributed by atoms with Crippen LogP contribution in [0.25, 0.3) is 0 Å². The SMILES string of the molecule is C[C@H]1[C@@H](c2ccccc2)OP(=N[Si](C)(C)C)([C@@H](O[Si](C)(C)C)c2ccccc2)N1C. The highest BCUT2D eigenvalue weighted by atomic mass is 31.2. The topological polar surface area (TPSA) is 34.1 Å². The van der Waals surface area contributed by atoms with Gasteiger partial charge in [-0.1, -0.05) is 60.7 Å². The summed E-state index contributed by atoms with van der Waals surface area (Å²) < 4.78 is 22.0. The molecule has 1 aliphatic heterocycles. The van der Waals surface area contributed by atoms with E-state index in [4.69, 9.17) is 13.4 Å². The fourth-order valence-corrected chi connectivity index (χ4v) is 13.2. The lowest BCUT2D eigenvalue weighted by Crippen LogP contribution is -2.32. The fraction of sp³-hybridized carbons (Fsp3) is 0.478. The monoisotopic (exact) mass is 460 g/mol. The Morgan fingerprint density at radius 2 is 1.47 bits per heavy atom. The lowest BCUT2D eigenvalue weighted by atomic mass is 10.0. The normalized spacial score (nSPS) is 26.5. The van der Waals surface area contributed by atoms with Crippen LogP contribution in [0.5, 0.6) is 0 Å². The van der Waals surface area contributed by atoms with Crippen molar-refractivity contribution in [3.05, 3.63) is 71.8 Å². The average molecular weight is 461 g/mol. The molecule has 0 spiro atoms. The molecule has 3 rings (SSSR count). The lowest BCUT2D eigenvalue weighted by molar-refractivity contribution is 0.201. The van der Waals surface area contributed by atoms with Gasteiger partial charge in [0.2, 0.25) is 0 Å². The third-order valence-corrected chi connectivity index (χ3v) is 12.7. The van der Waals surface area contributed by atoms with Crippen LogP contribution in [-0.2, 0) is 8.95 Å². The number of benzene rings is 2. The minimum absolute atomic E-state index is 0.0129. The average Bonchev–Trinajstić information content (AvgIpc) is 2.91. The predicted octanol–water partition coefficient (Wildman–Crippen LogP) is 7.49. The van der Waals surface area contributed by atoms with Crippen molar-refractivity contribution in [3.8, 4) is 0 Å². The molecular weight excluding hydrogens is 423 g/mol. The van der Waals surface area contributed by atoms with E-state index < -0.39 is 24.0 Å². The Labute approximate surface area is 185 Å². The maximum Gasteiger partial charge on any atom is 0.185 e. The quantitative estimate of drug-likeness (QED) is 0.331. The van der Waals surface area contributed by atoms with E-state index in [1.165, 1.54) is 11.1 Å². The van der Waals surface area contributed by atoms with Crippen LogP contribution in [0.4, 0.5) is 0 Å². The van der Waals surface area contributed by atoms with Crippen molar-refractivity contribution in [2.75, 3.05) is 7.05 Å². The highest BCUT2D eigenvalue weighted by Gasteiger charge is 2.51. The van der Waals surface area contributed by atoms with E-state index in [9.17, 15) is 0 Å². The molecule has 1 saturated heterocycles. The highest BCUT2D eigenvalue weighted by Crippen LogP contribution is 2.73. The maximum atomic E-state index is 7.10. The zero-order valence-corrected chi connectivity index (χ0v) is 22.6. The predicted molar refractivity (Wildman–Crippen MR) is 134 cm³/mol. The van der Waals surface area contributed by atoms with Crippen LogP contribution in [0, 0.1) is 0 Å². The molecule has 0 aliphatic carbocycles. The number of rotatable bonds is 6. The Kier molecular flexibility index (Phi) is 6.97. The smallest absolute Gasteiger partial charge is 0.185 e. The first-order chi connectivity index (χ1) is 13.9. The summed E-state index contributed by atoms with van der Waals surface area (Å²) in [6.45, 7) is 15.9. The molecule has 30 heavy (non-hydrogen) atoms. The summed E-state index contributed by atoms with van der Waals surface area (Å²) in [5, 5.41) is 0. The molecule has 1 fully saturated rings. The van der Waals surface area contributed by atoms with Crippen molar-refractivity contribution in [2.24, 2.45) is 4.41 Å². The summed E-state index contributed by atoms with van der Waals surface area (Å²) >= 11 is 0. The second-order valence-electron chi connectivity index (χ2n) is 10.1. The molecule has 1 aliphatic rings. The largest absolute Gasteiger partial charge is 0.402 e. The molecule has 0 N–H and O–H groups in total. The molecule has 0 radical (unpaired) electrons. The molecule has 0 bridgehead atoms. The molecule has 2 aromatic carbocycles. The summed E-state index contributed by atoms with van der Waals surface area (Å²) in [4.78, 5) is 0. The van der Waals surface area contributed by atoms with Crippen LogP contribution in [0.2, 0.25) is 39.3 Å². The van der Waals surface area contributed by atoms with Gasteiger partial charge in [-0.2, -0.15) is 0 Å². The van der Waals surface area contributed by atoms with Gasteiger partial charge in [0, 0.05) is 6.04 Å². The van der Waals surface area contributed by atoms with Crippen LogP contribution in [-0.4, -0.2) is 34.3 Å². The fourth-order valence-electron chi connectivity index (χ4n) is 3.85. The second kappa shape index (κ2) is 8.85. The van der Waals surface area contributed by atoms with Crippen LogP contribution < -0.4 is 0 Å². The zero-order chi connectivity index (χ0) is 22.2. The van der Waals surface area contributed by atoms with Crippen molar-refractivity contribution < 1.29 is 8.95 Å². The summed E-state index contributed by atoms with van der Waals surface area (Å²) in [6, 6.07) is 21.4. The second-order valence-corrected chi connectivity index (χ2v) is 22.2. The molecule has 164 valence electrons. The van der Waals surface area contributed by atoms with Gasteiger partial charge in [0.25, 0.3) is 0 Å². The van der Waals surface area contributed by atoms with Gasteiger partial charge in [-0.05, 0) is 64.4 Å². The van der Waals surface area contributed by atoms with E-state index in [-0.39, 0.29) is 18.0 Å². The van der Waals surface area contributed by atoms with Crippen LogP contribution in [0.1, 0.15) is 30.0 Å². The minimum Gasteiger partial charge on any atom is -0.402 e. The van der Waals surface area contributed by atoms with Crippen molar-refractivity contribution in [3.63, 3.8) is 0 Å². The van der Waals surface area contributed by atoms with Crippen LogP contribution in [0.3, 0.4) is 0 Å². The number of likely N-dealkylation sites (N-methyl/N-ethyl adjacent to an activating group) is 1. The van der Waals surface area contributed by atoms with Gasteiger partial charge in [-0.15, -0.1) is 0 Å². The number of hydrogen-bond acceptors (Lipinski definition) is 3. The lowest BCUT2D eigenvalue weighted by Gasteiger charge is -2.39. The molecule has 0 amide bonds. The minimum atomic E-state index is -2.43. The van der Waals surface area contributed by atoms with Gasteiger partial charge >= 0.3 is 0 Å². The third-order valence-electron chi connectivity index (χ3n) is 5.18. The first-order valence-electron chi connectivity index (χ1n) is 10.8. The van der Waals surface area contributed by atoms with E-state index >= 15 is 0 Å². The zero-order valence-electron chi connectivity index (χ0n) is 19.7. The third kappa shape index (κ3) is 5.24. The van der Waals surface area contributed by atoms with E-state index in [0.29, 0.717) is 0 Å². The Bertz CT molecular complexity index is 895. The number of hydrogen-bond donors (Lipinski definition) is 0. The molecule has 2 aromatic rings. The van der Waals surface area contributed by atoms with Crippen molar-refractivity contribution in [1.82, 2.24) is 4.67 Å². The van der Waals surface area contributed by atoms with Crippen molar-refractivity contribution in [2.45, 2.75) is 64.2 Å². The van der Waals surface area contributed by atoms with Gasteiger partial charge < -0.3 is 13.4 Å². The highest BCUT2D eigenvalue weighted by molar-refractivity contribution is 7.60. The van der Waals surface area contributed by atoms with E-state index in [0.717, 1.165) is 0 Å². The molecule has 7 heteroatoms. The molecular formula is C23H37N2O2PSi2. The van der Waals surface area contributed by atoms with Gasteiger partial charge in [-0.3, -0.25) is 0 Å². The van der Waals surface area contributed by atoms with E-state index in [1.54, 1.807) is 0 Å². The van der Waals surface area contributed by atoms with E-state index in [1.807, 2.05) is 0 Å². The van der Waals surface area contributed by atoms with Crippen LogP contribution in [0.15, 0.2) is 65.1 Å². The number of nitrogens with zero attached hydrogens (tertiary/aromatic N) is 2. The Hall–Kier alpha value is -1.02. The van der Waals surface area contributed by atoms with Crippen molar-refractivity contribution in [1.29, 1.82) is 0 Å². The Balaban J connectivity index is 2.21. The molecule has 1 unspecified atom stereocenters. The molecule has 4 atom stereocenters. The van der Waals surface area contributed by atoms with E-state index in [2.05, 4.69) is 119 Å². The summed E-state index contributed by atoms with van der Waals surface area (Å²) in [6.07, 6.45) is -0.0129. The Morgan fingerprint density at radius 1 is 0.933 bits per heavy atom. The first-order valence-corrected chi connectivity index (χ1v) is 19.3. The Morgan fingerprint density at radius 3 is 1.97 bits per heavy atom. The van der Waals surface area contributed by atoms with Gasteiger partial charge in [0.1, 0.15) is 11.9 Å². The molecule has 0 saturated carbocycles. The van der Waals surface area contributed by atoms with Gasteiger partial charge in [0.15, 0.2) is 24.0 Å². The molecule has 0 aromatic heterocycles. The summed E-state index contributed by atoms with van der Waals surface area (Å²) in [5.74, 6) is -0.168. The first kappa shape index (κ1) is 23.6. The van der Waals surface area contributed by atoms with Crippen molar-refractivity contribution >= 4 is 24.0 Å². The maximum absolute atomic E-state index is 7.10. The summed E-state index contributed by atoms with van der Waals surface area (Å²) in [5.41, 5.74) is 2.38. The molecule has 1 heterocycles. The van der Waals surface area contributed by atoms with Gasteiger partial charge in [0.05, 0.1) is 0 Å². The summed E-state index contributed by atoms with van der Waals surface area (Å²) in [7, 11) is -3.94. The molecule has 4 nitrogen and oxygen atoms in total. The standard InChI is InChI=1S/C23H37N2O2PSi2/c1-19-22(20-15-11-9-12-16-20)26-28(25(19)2,24-29(3,4)5)23(27-30(6,7)8)21-17-13-10-14-18-21/h9-19,22-23H,1-8H3/t19-,22-,23+,28?/m0/s1.